The van der Waals surface area contributed by atoms with Crippen LogP contribution in [-0.2, 0) is 10.0 Å². The minimum Gasteiger partial charge on any atom is -0.207 e. The fraction of sp³-hybridized carbons (Fsp3) is 0.529. The van der Waals surface area contributed by atoms with Gasteiger partial charge in [-0.3, -0.25) is 0 Å². The van der Waals surface area contributed by atoms with Crippen molar-refractivity contribution in [3.05, 3.63) is 41.5 Å². The second-order valence-electron chi connectivity index (χ2n) is 5.93. The van der Waals surface area contributed by atoms with Crippen LogP contribution < -0.4 is 4.72 Å². The Bertz CT molecular complexity index is 602. The quantitative estimate of drug-likeness (QED) is 0.841. The van der Waals surface area contributed by atoms with E-state index in [1.807, 2.05) is 19.1 Å². The van der Waals surface area contributed by atoms with Gasteiger partial charge in [0.25, 0.3) is 0 Å². The fourth-order valence-corrected chi connectivity index (χ4v) is 4.04. The monoisotopic (exact) mass is 307 g/mol. The molecule has 0 fully saturated rings. The second kappa shape index (κ2) is 6.75. The van der Waals surface area contributed by atoms with Crippen molar-refractivity contribution < 1.29 is 8.42 Å². The Morgan fingerprint density at radius 2 is 1.95 bits per heavy atom. The lowest BCUT2D eigenvalue weighted by Gasteiger charge is -2.29. The van der Waals surface area contributed by atoms with Gasteiger partial charge < -0.3 is 0 Å². The second-order valence-corrected chi connectivity index (χ2v) is 7.65. The lowest BCUT2D eigenvalue weighted by atomic mass is 9.85. The minimum atomic E-state index is -3.44. The summed E-state index contributed by atoms with van der Waals surface area (Å²) in [5.74, 6) is 0.427. The molecule has 0 spiro atoms. The molecule has 0 saturated carbocycles. The summed E-state index contributed by atoms with van der Waals surface area (Å²) in [7, 11) is -3.44. The van der Waals surface area contributed by atoms with Crippen molar-refractivity contribution in [1.29, 1.82) is 0 Å². The maximum atomic E-state index is 12.5. The Morgan fingerprint density at radius 3 is 2.57 bits per heavy atom. The van der Waals surface area contributed by atoms with Crippen LogP contribution in [0.3, 0.4) is 0 Å². The minimum absolute atomic E-state index is 0.0556. The molecule has 0 aliphatic heterocycles. The molecule has 1 aliphatic rings. The van der Waals surface area contributed by atoms with Gasteiger partial charge in [-0.1, -0.05) is 43.2 Å². The summed E-state index contributed by atoms with van der Waals surface area (Å²) >= 11 is 0. The summed E-state index contributed by atoms with van der Waals surface area (Å²) in [5, 5.41) is 0. The van der Waals surface area contributed by atoms with Crippen molar-refractivity contribution in [3.8, 4) is 0 Å². The average molecular weight is 307 g/mol. The van der Waals surface area contributed by atoms with Crippen LogP contribution in [0.1, 0.15) is 45.1 Å². The van der Waals surface area contributed by atoms with E-state index in [2.05, 4.69) is 24.6 Å². The van der Waals surface area contributed by atoms with Gasteiger partial charge in [0.2, 0.25) is 10.0 Å². The Labute approximate surface area is 128 Å². The van der Waals surface area contributed by atoms with Crippen LogP contribution in [0.15, 0.2) is 40.8 Å². The number of rotatable bonds is 5. The van der Waals surface area contributed by atoms with Crippen molar-refractivity contribution in [1.82, 2.24) is 4.72 Å². The van der Waals surface area contributed by atoms with E-state index in [1.165, 1.54) is 5.57 Å². The van der Waals surface area contributed by atoms with Gasteiger partial charge in [-0.25, -0.2) is 13.1 Å². The third-order valence-electron chi connectivity index (χ3n) is 4.29. The van der Waals surface area contributed by atoms with Gasteiger partial charge in [-0.05, 0) is 50.7 Å². The van der Waals surface area contributed by atoms with E-state index in [0.717, 1.165) is 31.2 Å². The largest absolute Gasteiger partial charge is 0.241 e. The average Bonchev–Trinajstić information content (AvgIpc) is 2.47. The molecule has 3 nitrogen and oxygen atoms in total. The zero-order valence-corrected chi connectivity index (χ0v) is 13.9. The van der Waals surface area contributed by atoms with Gasteiger partial charge in [0.1, 0.15) is 0 Å². The molecule has 1 aliphatic carbocycles. The number of hydrogen-bond donors (Lipinski definition) is 1. The Hall–Kier alpha value is -1.13. The summed E-state index contributed by atoms with van der Waals surface area (Å²) in [6.07, 6.45) is 6.25. The maximum Gasteiger partial charge on any atom is 0.241 e. The van der Waals surface area contributed by atoms with E-state index in [1.54, 1.807) is 12.1 Å². The van der Waals surface area contributed by atoms with Crippen molar-refractivity contribution >= 4 is 10.0 Å². The molecule has 21 heavy (non-hydrogen) atoms. The number of allylic oxidation sites excluding steroid dienone is 1. The van der Waals surface area contributed by atoms with Crippen molar-refractivity contribution in [2.75, 3.05) is 0 Å². The number of aryl methyl sites for hydroxylation is 1. The highest BCUT2D eigenvalue weighted by molar-refractivity contribution is 7.89. The zero-order chi connectivity index (χ0) is 15.5. The summed E-state index contributed by atoms with van der Waals surface area (Å²) in [6, 6.07) is 6.96. The van der Waals surface area contributed by atoms with Gasteiger partial charge in [0, 0.05) is 6.04 Å². The topological polar surface area (TPSA) is 46.2 Å². The molecule has 0 radical (unpaired) electrons. The lowest BCUT2D eigenvalue weighted by Crippen LogP contribution is -2.39. The van der Waals surface area contributed by atoms with Gasteiger partial charge in [-0.15, -0.1) is 0 Å². The van der Waals surface area contributed by atoms with E-state index in [-0.39, 0.29) is 6.04 Å². The third-order valence-corrected chi connectivity index (χ3v) is 5.78. The van der Waals surface area contributed by atoms with Crippen LogP contribution >= 0.6 is 0 Å². The van der Waals surface area contributed by atoms with E-state index in [0.29, 0.717) is 10.8 Å². The molecule has 4 heteroatoms. The Kier molecular flexibility index (Phi) is 5.22. The lowest BCUT2D eigenvalue weighted by molar-refractivity contribution is 0.486. The molecule has 2 rings (SSSR count). The van der Waals surface area contributed by atoms with E-state index in [4.69, 9.17) is 0 Å². The molecular formula is C17H25NO2S. The summed E-state index contributed by atoms with van der Waals surface area (Å²) in [5.41, 5.74) is 2.31. The molecule has 0 bridgehead atoms. The Morgan fingerprint density at radius 1 is 1.29 bits per heavy atom. The van der Waals surface area contributed by atoms with Crippen LogP contribution in [0.5, 0.6) is 0 Å². The zero-order valence-electron chi connectivity index (χ0n) is 13.1. The smallest absolute Gasteiger partial charge is 0.207 e. The first-order valence-corrected chi connectivity index (χ1v) is 9.21. The van der Waals surface area contributed by atoms with Crippen molar-refractivity contribution in [2.45, 2.75) is 57.4 Å². The van der Waals surface area contributed by atoms with Gasteiger partial charge in [0.05, 0.1) is 4.90 Å². The van der Waals surface area contributed by atoms with E-state index in [9.17, 15) is 8.42 Å². The number of hydrogen-bond acceptors (Lipinski definition) is 2. The van der Waals surface area contributed by atoms with Crippen molar-refractivity contribution in [3.63, 3.8) is 0 Å². The predicted molar refractivity (Wildman–Crippen MR) is 86.7 cm³/mol. The summed E-state index contributed by atoms with van der Waals surface area (Å²) in [6.45, 7) is 6.27. The fourth-order valence-electron chi connectivity index (χ4n) is 2.78. The molecule has 0 saturated heterocycles. The molecule has 0 aromatic heterocycles. The highest BCUT2D eigenvalue weighted by Crippen LogP contribution is 2.28. The molecular weight excluding hydrogens is 282 g/mol. The third kappa shape index (κ3) is 3.95. The molecule has 2 atom stereocenters. The number of nitrogens with one attached hydrogen (secondary N) is 1. The molecule has 1 N–H and O–H groups in total. The highest BCUT2D eigenvalue weighted by atomic mass is 32.2. The van der Waals surface area contributed by atoms with Crippen LogP contribution in [0, 0.1) is 12.8 Å². The van der Waals surface area contributed by atoms with Crippen LogP contribution in [0.4, 0.5) is 0 Å². The first-order valence-electron chi connectivity index (χ1n) is 7.73. The molecule has 0 amide bonds. The highest BCUT2D eigenvalue weighted by Gasteiger charge is 2.26. The van der Waals surface area contributed by atoms with Crippen molar-refractivity contribution in [2.24, 2.45) is 5.92 Å². The summed E-state index contributed by atoms with van der Waals surface area (Å²) < 4.78 is 28.0. The Balaban J connectivity index is 2.21. The van der Waals surface area contributed by atoms with Gasteiger partial charge in [0.15, 0.2) is 0 Å². The SMILES string of the molecule is CCC(C)C1=CCCCC1NS(=O)(=O)c1ccc(C)cc1. The number of benzene rings is 1. The number of sulfonamides is 1. The van der Waals surface area contributed by atoms with E-state index < -0.39 is 10.0 Å². The molecule has 0 heterocycles. The van der Waals surface area contributed by atoms with Crippen LogP contribution in [-0.4, -0.2) is 14.5 Å². The van der Waals surface area contributed by atoms with Crippen LogP contribution in [0.2, 0.25) is 0 Å². The first-order chi connectivity index (χ1) is 9.94. The molecule has 1 aromatic rings. The van der Waals surface area contributed by atoms with Gasteiger partial charge in [-0.2, -0.15) is 0 Å². The standard InChI is InChI=1S/C17H25NO2S/c1-4-14(3)16-7-5-6-8-17(16)18-21(19,20)15-11-9-13(2)10-12-15/h7,9-12,14,17-18H,4-6,8H2,1-3H3. The van der Waals surface area contributed by atoms with Gasteiger partial charge >= 0.3 is 0 Å². The maximum absolute atomic E-state index is 12.5. The first kappa shape index (κ1) is 16.2. The normalized spacial score (nSPS) is 20.9. The summed E-state index contributed by atoms with van der Waals surface area (Å²) in [4.78, 5) is 0.349. The predicted octanol–water partition coefficient (Wildman–Crippen LogP) is 3.80. The molecule has 2 unspecified atom stereocenters. The van der Waals surface area contributed by atoms with E-state index >= 15 is 0 Å². The molecule has 116 valence electrons. The molecule has 1 aromatic carbocycles. The van der Waals surface area contributed by atoms with Crippen LogP contribution in [0.25, 0.3) is 0 Å².